The molecule has 124 valence electrons. The Morgan fingerprint density at radius 3 is 2.57 bits per heavy atom. The third-order valence-electron chi connectivity index (χ3n) is 4.25. The van der Waals surface area contributed by atoms with E-state index in [0.717, 1.165) is 12.8 Å². The fourth-order valence-electron chi connectivity index (χ4n) is 2.64. The van der Waals surface area contributed by atoms with Crippen LogP contribution in [0.1, 0.15) is 31.1 Å². The predicted molar refractivity (Wildman–Crippen MR) is 78.2 cm³/mol. The van der Waals surface area contributed by atoms with Gasteiger partial charge in [-0.05, 0) is 25.0 Å². The molecule has 8 nitrogen and oxygen atoms in total. The average Bonchev–Trinajstić information content (AvgIpc) is 3.15. The lowest BCUT2D eigenvalue weighted by atomic mass is 9.85. The second kappa shape index (κ2) is 5.73. The van der Waals surface area contributed by atoms with E-state index in [1.165, 1.54) is 16.8 Å². The van der Waals surface area contributed by atoms with Gasteiger partial charge in [0.05, 0.1) is 13.2 Å². The Bertz CT molecular complexity index is 787. The van der Waals surface area contributed by atoms with Crippen molar-refractivity contribution in [3.63, 3.8) is 0 Å². The van der Waals surface area contributed by atoms with Gasteiger partial charge in [-0.15, -0.1) is 10.2 Å². The number of ether oxygens (including phenoxy) is 1. The summed E-state index contributed by atoms with van der Waals surface area (Å²) < 4.78 is 42.6. The summed E-state index contributed by atoms with van der Waals surface area (Å²) >= 11 is 0. The van der Waals surface area contributed by atoms with E-state index in [-0.39, 0.29) is 16.7 Å². The highest BCUT2D eigenvalue weighted by atomic mass is 32.2. The van der Waals surface area contributed by atoms with Crippen molar-refractivity contribution in [2.75, 3.05) is 26.3 Å². The largest absolute Gasteiger partial charge is 0.438 e. The van der Waals surface area contributed by atoms with Crippen molar-refractivity contribution in [1.29, 1.82) is 0 Å². The fraction of sp³-hybridized carbons (Fsp3) is 0.571. The zero-order chi connectivity index (χ0) is 15.9. The Balaban J connectivity index is 1.57. The summed E-state index contributed by atoms with van der Waals surface area (Å²) in [7, 11) is -3.66. The number of furan rings is 1. The minimum atomic E-state index is -3.66. The smallest absolute Gasteiger partial charge is 0.283 e. The van der Waals surface area contributed by atoms with E-state index in [1.54, 1.807) is 6.07 Å². The summed E-state index contributed by atoms with van der Waals surface area (Å²) in [5.74, 6) is 1.41. The number of morpholine rings is 1. The summed E-state index contributed by atoms with van der Waals surface area (Å²) in [5, 5.41) is 7.87. The third kappa shape index (κ3) is 2.68. The Labute approximate surface area is 133 Å². The fourth-order valence-corrected chi connectivity index (χ4v) is 3.96. The van der Waals surface area contributed by atoms with Crippen molar-refractivity contribution in [3.8, 4) is 11.7 Å². The molecule has 23 heavy (non-hydrogen) atoms. The molecule has 3 heterocycles. The number of hydrogen-bond donors (Lipinski definition) is 0. The lowest BCUT2D eigenvalue weighted by Crippen LogP contribution is -2.40. The molecular weight excluding hydrogens is 322 g/mol. The van der Waals surface area contributed by atoms with Gasteiger partial charge in [0.2, 0.25) is 11.0 Å². The van der Waals surface area contributed by atoms with Gasteiger partial charge in [0.15, 0.2) is 5.76 Å². The monoisotopic (exact) mass is 339 g/mol. The maximum atomic E-state index is 12.5. The minimum absolute atomic E-state index is 0.113. The van der Waals surface area contributed by atoms with E-state index in [2.05, 4.69) is 10.2 Å². The molecule has 4 rings (SSSR count). The molecule has 0 atom stereocenters. The molecule has 0 bridgehead atoms. The van der Waals surface area contributed by atoms with Crippen LogP contribution >= 0.6 is 0 Å². The highest BCUT2D eigenvalue weighted by Crippen LogP contribution is 2.36. The van der Waals surface area contributed by atoms with Crippen LogP contribution in [0.2, 0.25) is 0 Å². The van der Waals surface area contributed by atoms with Crippen molar-refractivity contribution in [2.45, 2.75) is 30.3 Å². The van der Waals surface area contributed by atoms with E-state index in [0.29, 0.717) is 38.1 Å². The van der Waals surface area contributed by atoms with Gasteiger partial charge in [0.25, 0.3) is 15.9 Å². The van der Waals surface area contributed by atoms with Crippen LogP contribution in [-0.4, -0.2) is 49.2 Å². The summed E-state index contributed by atoms with van der Waals surface area (Å²) in [6.45, 7) is 1.43. The van der Waals surface area contributed by atoms with Crippen LogP contribution < -0.4 is 0 Å². The molecule has 0 spiro atoms. The molecule has 1 saturated carbocycles. The lowest BCUT2D eigenvalue weighted by Gasteiger charge is -2.24. The number of hydrogen-bond acceptors (Lipinski definition) is 7. The second-order valence-electron chi connectivity index (χ2n) is 5.71. The SMILES string of the molecule is O=S(=O)(c1ccc(-c2nnc(C3CCC3)o2)o1)N1CCOCC1. The Hall–Kier alpha value is -1.71. The molecule has 1 aliphatic heterocycles. The maximum Gasteiger partial charge on any atom is 0.283 e. The third-order valence-corrected chi connectivity index (χ3v) is 6.02. The van der Waals surface area contributed by atoms with Gasteiger partial charge < -0.3 is 13.6 Å². The van der Waals surface area contributed by atoms with Gasteiger partial charge in [0, 0.05) is 19.0 Å². The first kappa shape index (κ1) is 14.9. The van der Waals surface area contributed by atoms with Crippen molar-refractivity contribution in [2.24, 2.45) is 0 Å². The minimum Gasteiger partial charge on any atom is -0.438 e. The maximum absolute atomic E-state index is 12.5. The van der Waals surface area contributed by atoms with Crippen LogP contribution in [0.5, 0.6) is 0 Å². The van der Waals surface area contributed by atoms with Crippen LogP contribution in [0.4, 0.5) is 0 Å². The number of sulfonamides is 1. The van der Waals surface area contributed by atoms with Gasteiger partial charge in [0.1, 0.15) is 0 Å². The zero-order valence-corrected chi connectivity index (χ0v) is 13.3. The molecule has 1 aliphatic carbocycles. The van der Waals surface area contributed by atoms with E-state index in [4.69, 9.17) is 13.6 Å². The van der Waals surface area contributed by atoms with Crippen molar-refractivity contribution >= 4 is 10.0 Å². The van der Waals surface area contributed by atoms with Crippen LogP contribution in [0.15, 0.2) is 26.1 Å². The second-order valence-corrected chi connectivity index (χ2v) is 7.58. The van der Waals surface area contributed by atoms with Gasteiger partial charge in [-0.3, -0.25) is 0 Å². The lowest BCUT2D eigenvalue weighted by molar-refractivity contribution is 0.0724. The molecule has 2 aromatic rings. The summed E-state index contributed by atoms with van der Waals surface area (Å²) in [4.78, 5) is 0. The van der Waals surface area contributed by atoms with Crippen LogP contribution in [0.25, 0.3) is 11.7 Å². The molecule has 0 amide bonds. The van der Waals surface area contributed by atoms with Crippen LogP contribution in [-0.2, 0) is 14.8 Å². The molecule has 0 aromatic carbocycles. The normalized spacial score (nSPS) is 20.5. The van der Waals surface area contributed by atoms with Crippen LogP contribution in [0.3, 0.4) is 0 Å². The Morgan fingerprint density at radius 2 is 1.87 bits per heavy atom. The zero-order valence-electron chi connectivity index (χ0n) is 12.5. The molecule has 9 heteroatoms. The standard InChI is InChI=1S/C14H17N3O5S/c18-23(19,17-6-8-20-9-7-17)12-5-4-11(21-12)14-16-15-13(22-14)10-2-1-3-10/h4-5,10H,1-3,6-9H2. The molecule has 0 N–H and O–H groups in total. The molecule has 0 radical (unpaired) electrons. The molecule has 0 unspecified atom stereocenters. The van der Waals surface area contributed by atoms with Gasteiger partial charge in [-0.2, -0.15) is 4.31 Å². The highest BCUT2D eigenvalue weighted by molar-refractivity contribution is 7.89. The molecule has 2 aliphatic rings. The topological polar surface area (TPSA) is 98.7 Å². The number of nitrogens with zero attached hydrogens (tertiary/aromatic N) is 3. The van der Waals surface area contributed by atoms with Crippen molar-refractivity contribution < 1.29 is 22.0 Å². The average molecular weight is 339 g/mol. The Morgan fingerprint density at radius 1 is 1.09 bits per heavy atom. The van der Waals surface area contributed by atoms with Crippen molar-refractivity contribution in [3.05, 3.63) is 18.0 Å². The first-order chi connectivity index (χ1) is 11.1. The van der Waals surface area contributed by atoms with E-state index in [9.17, 15) is 8.42 Å². The van der Waals surface area contributed by atoms with Crippen LogP contribution in [0, 0.1) is 0 Å². The van der Waals surface area contributed by atoms with Crippen molar-refractivity contribution in [1.82, 2.24) is 14.5 Å². The van der Waals surface area contributed by atoms with E-state index in [1.807, 2.05) is 0 Å². The molecule has 2 aromatic heterocycles. The summed E-state index contributed by atoms with van der Waals surface area (Å²) in [6, 6.07) is 2.97. The summed E-state index contributed by atoms with van der Waals surface area (Å²) in [6.07, 6.45) is 3.28. The highest BCUT2D eigenvalue weighted by Gasteiger charge is 2.30. The predicted octanol–water partition coefficient (Wildman–Crippen LogP) is 1.62. The van der Waals surface area contributed by atoms with E-state index >= 15 is 0 Å². The number of aromatic nitrogens is 2. The first-order valence-corrected chi connectivity index (χ1v) is 9.10. The van der Waals surface area contributed by atoms with Gasteiger partial charge in [-0.1, -0.05) is 6.42 Å². The molecule has 1 saturated heterocycles. The quantitative estimate of drug-likeness (QED) is 0.834. The summed E-state index contributed by atoms with van der Waals surface area (Å²) in [5.41, 5.74) is 0. The number of rotatable bonds is 4. The molecule has 2 fully saturated rings. The van der Waals surface area contributed by atoms with E-state index < -0.39 is 10.0 Å². The molecular formula is C14H17N3O5S. The van der Waals surface area contributed by atoms with Gasteiger partial charge in [-0.25, -0.2) is 8.42 Å². The van der Waals surface area contributed by atoms with Gasteiger partial charge >= 0.3 is 0 Å². The first-order valence-electron chi connectivity index (χ1n) is 7.66. The Kier molecular flexibility index (Phi) is 3.70.